The van der Waals surface area contributed by atoms with Gasteiger partial charge in [-0.15, -0.1) is 0 Å². The number of ketones is 1. The molecular formula is C9H7BrClNO3. The van der Waals surface area contributed by atoms with Crippen LogP contribution in [0.2, 0.25) is 5.02 Å². The molecule has 0 aliphatic rings. The third-order valence-electron chi connectivity index (χ3n) is 1.90. The number of carbonyl (C=O) groups excluding carboxylic acids is 1. The Balaban J connectivity index is 3.36. The van der Waals surface area contributed by atoms with Gasteiger partial charge in [0.25, 0.3) is 5.69 Å². The number of aryl methyl sites for hydroxylation is 1. The highest BCUT2D eigenvalue weighted by atomic mass is 79.9. The zero-order chi connectivity index (χ0) is 11.6. The molecule has 1 rings (SSSR count). The molecule has 1 aromatic carbocycles. The van der Waals surface area contributed by atoms with Crippen LogP contribution < -0.4 is 0 Å². The molecule has 0 aliphatic carbocycles. The second-order valence-electron chi connectivity index (χ2n) is 2.93. The van der Waals surface area contributed by atoms with Crippen LogP contribution >= 0.6 is 27.5 Å². The summed E-state index contributed by atoms with van der Waals surface area (Å²) < 4.78 is 0. The number of Topliss-reactive ketones (excluding diaryl/α,β-unsaturated/α-hetero) is 1. The number of rotatable bonds is 3. The van der Waals surface area contributed by atoms with Crippen LogP contribution in [0.25, 0.3) is 0 Å². The van der Waals surface area contributed by atoms with E-state index in [4.69, 9.17) is 11.6 Å². The monoisotopic (exact) mass is 291 g/mol. The first-order valence-corrected chi connectivity index (χ1v) is 5.51. The van der Waals surface area contributed by atoms with E-state index in [1.54, 1.807) is 6.92 Å². The third kappa shape index (κ3) is 2.54. The highest BCUT2D eigenvalue weighted by Crippen LogP contribution is 2.26. The molecule has 0 unspecified atom stereocenters. The SMILES string of the molecule is Cc1cc(Cl)c(C(=O)CBr)cc1[N+](=O)[O-]. The molecule has 0 amide bonds. The number of nitro groups is 1. The van der Waals surface area contributed by atoms with Crippen molar-refractivity contribution in [2.75, 3.05) is 5.33 Å². The zero-order valence-electron chi connectivity index (χ0n) is 7.79. The molecule has 0 radical (unpaired) electrons. The number of nitrogens with zero attached hydrogens (tertiary/aromatic N) is 1. The quantitative estimate of drug-likeness (QED) is 0.372. The summed E-state index contributed by atoms with van der Waals surface area (Å²) >= 11 is 8.80. The fourth-order valence-corrected chi connectivity index (χ4v) is 1.77. The maximum absolute atomic E-state index is 11.4. The van der Waals surface area contributed by atoms with Gasteiger partial charge in [0.1, 0.15) is 0 Å². The molecule has 0 aliphatic heterocycles. The molecule has 80 valence electrons. The largest absolute Gasteiger partial charge is 0.293 e. The molecule has 0 atom stereocenters. The second kappa shape index (κ2) is 4.72. The molecule has 15 heavy (non-hydrogen) atoms. The van der Waals surface area contributed by atoms with Crippen LogP contribution in [-0.4, -0.2) is 16.0 Å². The zero-order valence-corrected chi connectivity index (χ0v) is 10.1. The van der Waals surface area contributed by atoms with Gasteiger partial charge in [-0.1, -0.05) is 27.5 Å². The first-order valence-electron chi connectivity index (χ1n) is 4.01. The molecular weight excluding hydrogens is 285 g/mol. The summed E-state index contributed by atoms with van der Waals surface area (Å²) in [5.74, 6) is -0.275. The first kappa shape index (κ1) is 12.1. The molecule has 4 nitrogen and oxygen atoms in total. The Morgan fingerprint density at radius 3 is 2.67 bits per heavy atom. The maximum atomic E-state index is 11.4. The smallest absolute Gasteiger partial charge is 0.273 e. The fraction of sp³-hybridized carbons (Fsp3) is 0.222. The van der Waals surface area contributed by atoms with Crippen molar-refractivity contribution in [3.8, 4) is 0 Å². The van der Waals surface area contributed by atoms with E-state index in [2.05, 4.69) is 15.9 Å². The average molecular weight is 293 g/mol. The van der Waals surface area contributed by atoms with Gasteiger partial charge in [0.05, 0.1) is 15.3 Å². The Labute approximate surface area is 99.5 Å². The van der Waals surface area contributed by atoms with Gasteiger partial charge < -0.3 is 0 Å². The van der Waals surface area contributed by atoms with Crippen LogP contribution in [0.15, 0.2) is 12.1 Å². The van der Waals surface area contributed by atoms with E-state index in [1.165, 1.54) is 12.1 Å². The number of benzene rings is 1. The van der Waals surface area contributed by atoms with E-state index >= 15 is 0 Å². The van der Waals surface area contributed by atoms with Crippen LogP contribution in [0.1, 0.15) is 15.9 Å². The average Bonchev–Trinajstić information content (AvgIpc) is 2.16. The molecule has 0 bridgehead atoms. The van der Waals surface area contributed by atoms with Gasteiger partial charge in [-0.2, -0.15) is 0 Å². The molecule has 0 N–H and O–H groups in total. The van der Waals surface area contributed by atoms with E-state index in [9.17, 15) is 14.9 Å². The molecule has 0 saturated heterocycles. The maximum Gasteiger partial charge on any atom is 0.273 e. The lowest BCUT2D eigenvalue weighted by Gasteiger charge is -2.03. The van der Waals surface area contributed by atoms with Crippen molar-refractivity contribution in [2.45, 2.75) is 6.92 Å². The highest BCUT2D eigenvalue weighted by Gasteiger charge is 2.17. The van der Waals surface area contributed by atoms with Gasteiger partial charge in [0.2, 0.25) is 0 Å². The minimum absolute atomic E-state index is 0.0902. The molecule has 0 saturated carbocycles. The minimum Gasteiger partial charge on any atom is -0.293 e. The lowest BCUT2D eigenvalue weighted by molar-refractivity contribution is -0.385. The van der Waals surface area contributed by atoms with Crippen LogP contribution in [0.5, 0.6) is 0 Å². The summed E-state index contributed by atoms with van der Waals surface area (Å²) in [4.78, 5) is 21.5. The second-order valence-corrected chi connectivity index (χ2v) is 3.90. The summed E-state index contributed by atoms with van der Waals surface area (Å²) in [5, 5.41) is 11.0. The normalized spacial score (nSPS) is 10.1. The van der Waals surface area contributed by atoms with Crippen LogP contribution in [0, 0.1) is 17.0 Å². The van der Waals surface area contributed by atoms with Crippen molar-refractivity contribution >= 4 is 39.0 Å². The van der Waals surface area contributed by atoms with Gasteiger partial charge >= 0.3 is 0 Å². The van der Waals surface area contributed by atoms with Crippen LogP contribution in [-0.2, 0) is 0 Å². The van der Waals surface area contributed by atoms with Crippen LogP contribution in [0.3, 0.4) is 0 Å². The Morgan fingerprint density at radius 2 is 2.20 bits per heavy atom. The number of halogens is 2. The van der Waals surface area contributed by atoms with Crippen molar-refractivity contribution in [1.82, 2.24) is 0 Å². The molecule has 1 aromatic rings. The van der Waals surface area contributed by atoms with Crippen molar-refractivity contribution in [3.05, 3.63) is 38.4 Å². The van der Waals surface area contributed by atoms with E-state index in [1.807, 2.05) is 0 Å². The predicted octanol–water partition coefficient (Wildman–Crippen LogP) is 3.13. The summed E-state index contributed by atoms with van der Waals surface area (Å²) in [7, 11) is 0. The number of nitro benzene ring substituents is 1. The standard InChI is InChI=1S/C9H7BrClNO3/c1-5-2-7(11)6(9(13)4-10)3-8(5)12(14)15/h2-3H,4H2,1H3. The number of hydrogen-bond donors (Lipinski definition) is 0. The minimum atomic E-state index is -0.531. The van der Waals surface area contributed by atoms with Gasteiger partial charge in [-0.3, -0.25) is 14.9 Å². The predicted molar refractivity (Wildman–Crippen MR) is 61.0 cm³/mol. The van der Waals surface area contributed by atoms with Crippen molar-refractivity contribution in [2.24, 2.45) is 0 Å². The summed E-state index contributed by atoms with van der Waals surface area (Å²) in [6.07, 6.45) is 0. The summed E-state index contributed by atoms with van der Waals surface area (Å²) in [6, 6.07) is 2.64. The summed E-state index contributed by atoms with van der Waals surface area (Å²) in [6.45, 7) is 1.58. The topological polar surface area (TPSA) is 60.2 Å². The summed E-state index contributed by atoms with van der Waals surface area (Å²) in [5.41, 5.74) is 0.519. The Kier molecular flexibility index (Phi) is 3.82. The molecule has 0 aromatic heterocycles. The van der Waals surface area contributed by atoms with Gasteiger partial charge in [-0.05, 0) is 13.0 Å². The van der Waals surface area contributed by atoms with Gasteiger partial charge in [0, 0.05) is 17.2 Å². The van der Waals surface area contributed by atoms with E-state index in [0.29, 0.717) is 5.56 Å². The number of carbonyl (C=O) groups is 1. The third-order valence-corrected chi connectivity index (χ3v) is 2.73. The first-order chi connectivity index (χ1) is 6.97. The lowest BCUT2D eigenvalue weighted by Crippen LogP contribution is -2.03. The highest BCUT2D eigenvalue weighted by molar-refractivity contribution is 9.09. The van der Waals surface area contributed by atoms with Gasteiger partial charge in [-0.25, -0.2) is 0 Å². The molecule has 0 fully saturated rings. The van der Waals surface area contributed by atoms with E-state index < -0.39 is 4.92 Å². The van der Waals surface area contributed by atoms with Crippen molar-refractivity contribution < 1.29 is 9.72 Å². The number of alkyl halides is 1. The Morgan fingerprint density at radius 1 is 1.60 bits per heavy atom. The Bertz CT molecular complexity index is 434. The molecule has 0 spiro atoms. The lowest BCUT2D eigenvalue weighted by atomic mass is 10.1. The van der Waals surface area contributed by atoms with Crippen LogP contribution in [0.4, 0.5) is 5.69 Å². The van der Waals surface area contributed by atoms with Crippen molar-refractivity contribution in [1.29, 1.82) is 0 Å². The Hall–Kier alpha value is -0.940. The fourth-order valence-electron chi connectivity index (χ4n) is 1.14. The van der Waals surface area contributed by atoms with Gasteiger partial charge in [0.15, 0.2) is 5.78 Å². The van der Waals surface area contributed by atoms with E-state index in [-0.39, 0.29) is 27.4 Å². The number of hydrogen-bond acceptors (Lipinski definition) is 3. The molecule has 0 heterocycles. The van der Waals surface area contributed by atoms with E-state index in [0.717, 1.165) is 0 Å². The van der Waals surface area contributed by atoms with Crippen molar-refractivity contribution in [3.63, 3.8) is 0 Å². The molecule has 6 heteroatoms.